The van der Waals surface area contributed by atoms with E-state index in [2.05, 4.69) is 13.0 Å². The molecule has 2 saturated heterocycles. The standard InChI is InChI=1S/C22H23FN4O2/c1-3-4-5-6-7-18-20(12-24,13-25)21(14-26)15(2)22(28-18,29-19(21)27)16-8-10-17(23)11-9-16/h8-11,15,18,27H,3-7H2,1-2H3. The predicted octanol–water partition coefficient (Wildman–Crippen LogP) is 4.53. The molecule has 4 unspecified atom stereocenters. The van der Waals surface area contributed by atoms with Crippen LogP contribution in [0.1, 0.15) is 51.5 Å². The van der Waals surface area contributed by atoms with Crippen molar-refractivity contribution in [3.63, 3.8) is 0 Å². The average Bonchev–Trinajstić information content (AvgIpc) is 2.89. The van der Waals surface area contributed by atoms with E-state index in [0.29, 0.717) is 18.4 Å². The molecule has 150 valence electrons. The second-order valence-corrected chi connectivity index (χ2v) is 7.73. The highest BCUT2D eigenvalue weighted by Gasteiger charge is 2.79. The minimum Gasteiger partial charge on any atom is -0.443 e. The largest absolute Gasteiger partial charge is 0.443 e. The van der Waals surface area contributed by atoms with Crippen LogP contribution in [0.4, 0.5) is 4.39 Å². The molecule has 0 aromatic heterocycles. The highest BCUT2D eigenvalue weighted by atomic mass is 19.1. The van der Waals surface area contributed by atoms with Gasteiger partial charge in [0.25, 0.3) is 0 Å². The average molecular weight is 394 g/mol. The minimum absolute atomic E-state index is 0.386. The minimum atomic E-state index is -1.87. The third-order valence-corrected chi connectivity index (χ3v) is 6.35. The Labute approximate surface area is 170 Å². The van der Waals surface area contributed by atoms with Gasteiger partial charge in [0.2, 0.25) is 11.7 Å². The number of hydrogen-bond acceptors (Lipinski definition) is 6. The summed E-state index contributed by atoms with van der Waals surface area (Å²) in [6, 6.07) is 11.6. The fourth-order valence-corrected chi connectivity index (χ4v) is 4.67. The monoisotopic (exact) mass is 394 g/mol. The molecule has 29 heavy (non-hydrogen) atoms. The predicted molar refractivity (Wildman–Crippen MR) is 101 cm³/mol. The van der Waals surface area contributed by atoms with E-state index in [-0.39, 0.29) is 0 Å². The van der Waals surface area contributed by atoms with E-state index < -0.39 is 40.4 Å². The molecule has 7 heteroatoms. The number of nitrogens with zero attached hydrogens (tertiary/aromatic N) is 3. The summed E-state index contributed by atoms with van der Waals surface area (Å²) in [4.78, 5) is 0. The van der Waals surface area contributed by atoms with Crippen molar-refractivity contribution in [3.8, 4) is 18.2 Å². The Morgan fingerprint density at radius 3 is 2.28 bits per heavy atom. The SMILES string of the molecule is CCCCCCC1OC2(c3ccc(F)cc3)OC(=N)C(C#N)(C2C)C1(C#N)C#N. The molecule has 1 aromatic carbocycles. The molecule has 1 aromatic rings. The third-order valence-electron chi connectivity index (χ3n) is 6.35. The molecule has 0 radical (unpaired) electrons. The summed E-state index contributed by atoms with van der Waals surface area (Å²) < 4.78 is 25.6. The van der Waals surface area contributed by atoms with E-state index in [9.17, 15) is 20.2 Å². The van der Waals surface area contributed by atoms with Gasteiger partial charge in [-0.05, 0) is 30.7 Å². The highest BCUT2D eigenvalue weighted by molar-refractivity contribution is 5.89. The Kier molecular flexibility index (Phi) is 5.35. The molecule has 1 N–H and O–H groups in total. The number of hydrogen-bond donors (Lipinski definition) is 1. The Balaban J connectivity index is 2.15. The molecule has 6 nitrogen and oxygen atoms in total. The smallest absolute Gasteiger partial charge is 0.243 e. The van der Waals surface area contributed by atoms with Crippen molar-refractivity contribution in [1.29, 1.82) is 21.2 Å². The van der Waals surface area contributed by atoms with Crippen molar-refractivity contribution in [2.75, 3.05) is 0 Å². The lowest BCUT2D eigenvalue weighted by atomic mass is 9.53. The molecule has 0 aliphatic carbocycles. The maximum atomic E-state index is 13.5. The van der Waals surface area contributed by atoms with Crippen LogP contribution < -0.4 is 0 Å². The summed E-state index contributed by atoms with van der Waals surface area (Å²) in [5, 5.41) is 38.7. The van der Waals surface area contributed by atoms with Crippen LogP contribution in [0, 0.1) is 62.0 Å². The second kappa shape index (κ2) is 7.47. The Morgan fingerprint density at radius 2 is 1.72 bits per heavy atom. The normalized spacial score (nSPS) is 31.9. The molecule has 2 heterocycles. The number of nitrogens with one attached hydrogen (secondary N) is 1. The van der Waals surface area contributed by atoms with Crippen molar-refractivity contribution >= 4 is 5.90 Å². The van der Waals surface area contributed by atoms with Crippen molar-refractivity contribution < 1.29 is 13.9 Å². The second-order valence-electron chi connectivity index (χ2n) is 7.73. The van der Waals surface area contributed by atoms with Crippen LogP contribution in [0.2, 0.25) is 0 Å². The first-order valence-electron chi connectivity index (χ1n) is 9.84. The molecule has 2 fully saturated rings. The van der Waals surface area contributed by atoms with Gasteiger partial charge in [0, 0.05) is 5.56 Å². The topological polar surface area (TPSA) is 114 Å². The van der Waals surface area contributed by atoms with Gasteiger partial charge in [-0.3, -0.25) is 5.41 Å². The van der Waals surface area contributed by atoms with Crippen molar-refractivity contribution in [3.05, 3.63) is 35.6 Å². The van der Waals surface area contributed by atoms with Gasteiger partial charge in [-0.1, -0.05) is 39.5 Å². The van der Waals surface area contributed by atoms with Crippen molar-refractivity contribution in [2.45, 2.75) is 57.8 Å². The van der Waals surface area contributed by atoms with Crippen LogP contribution >= 0.6 is 0 Å². The fourth-order valence-electron chi connectivity index (χ4n) is 4.67. The van der Waals surface area contributed by atoms with Crippen LogP contribution in [0.5, 0.6) is 0 Å². The maximum Gasteiger partial charge on any atom is 0.243 e. The molecule has 2 bridgehead atoms. The third kappa shape index (κ3) is 2.64. The van der Waals surface area contributed by atoms with Crippen molar-refractivity contribution in [2.24, 2.45) is 16.7 Å². The van der Waals surface area contributed by atoms with E-state index in [1.807, 2.05) is 12.1 Å². The lowest BCUT2D eigenvalue weighted by Gasteiger charge is -2.48. The molecular formula is C22H23FN4O2. The quantitative estimate of drug-likeness (QED) is 0.712. The van der Waals surface area contributed by atoms with E-state index in [1.165, 1.54) is 24.3 Å². The number of benzene rings is 1. The summed E-state index contributed by atoms with van der Waals surface area (Å²) in [7, 11) is 0. The summed E-state index contributed by atoms with van der Waals surface area (Å²) in [6.07, 6.45) is 3.12. The molecular weight excluding hydrogens is 371 g/mol. The van der Waals surface area contributed by atoms with E-state index in [4.69, 9.17) is 14.9 Å². The number of ether oxygens (including phenoxy) is 2. The number of fused-ring (bicyclic) bond motifs is 2. The molecule has 2 aliphatic rings. The Bertz CT molecular complexity index is 912. The number of rotatable bonds is 6. The summed E-state index contributed by atoms with van der Waals surface area (Å²) in [5.41, 5.74) is -3.19. The number of halogens is 1. The fraction of sp³-hybridized carbons (Fsp3) is 0.545. The first-order chi connectivity index (χ1) is 13.9. The number of unbranched alkanes of at least 4 members (excludes halogenated alkanes) is 3. The molecule has 0 spiro atoms. The number of nitriles is 3. The van der Waals surface area contributed by atoms with Gasteiger partial charge in [0.15, 0.2) is 10.8 Å². The molecule has 4 atom stereocenters. The molecule has 3 rings (SSSR count). The zero-order valence-corrected chi connectivity index (χ0v) is 16.5. The van der Waals surface area contributed by atoms with Crippen LogP contribution in [-0.2, 0) is 15.3 Å². The summed E-state index contributed by atoms with van der Waals surface area (Å²) >= 11 is 0. The first-order valence-corrected chi connectivity index (χ1v) is 9.84. The lowest BCUT2D eigenvalue weighted by molar-refractivity contribution is -0.286. The van der Waals surface area contributed by atoms with Crippen molar-refractivity contribution in [1.82, 2.24) is 0 Å². The Morgan fingerprint density at radius 1 is 1.07 bits per heavy atom. The summed E-state index contributed by atoms with van der Waals surface area (Å²) in [5.74, 6) is -3.22. The van der Waals surface area contributed by atoms with Gasteiger partial charge >= 0.3 is 0 Å². The molecule has 0 saturated carbocycles. The van der Waals surface area contributed by atoms with Gasteiger partial charge in [-0.25, -0.2) is 4.39 Å². The van der Waals surface area contributed by atoms with Crippen LogP contribution in [0.3, 0.4) is 0 Å². The van der Waals surface area contributed by atoms with E-state index >= 15 is 0 Å². The highest BCUT2D eigenvalue weighted by Crippen LogP contribution is 2.66. The zero-order chi connectivity index (χ0) is 21.3. The Hall–Kier alpha value is -2.95. The van der Waals surface area contributed by atoms with Crippen LogP contribution in [0.15, 0.2) is 24.3 Å². The zero-order valence-electron chi connectivity index (χ0n) is 16.5. The van der Waals surface area contributed by atoms with E-state index in [1.54, 1.807) is 6.92 Å². The molecule has 2 aliphatic heterocycles. The van der Waals surface area contributed by atoms with Gasteiger partial charge in [-0.15, -0.1) is 0 Å². The van der Waals surface area contributed by atoms with Gasteiger partial charge < -0.3 is 9.47 Å². The maximum absolute atomic E-state index is 13.5. The first kappa shape index (κ1) is 20.8. The molecule has 0 amide bonds. The van der Waals surface area contributed by atoms with Crippen LogP contribution in [0.25, 0.3) is 0 Å². The van der Waals surface area contributed by atoms with Gasteiger partial charge in [0.1, 0.15) is 5.82 Å². The summed E-state index contributed by atoms with van der Waals surface area (Å²) in [6.45, 7) is 3.72. The van der Waals surface area contributed by atoms with Crippen LogP contribution in [-0.4, -0.2) is 12.0 Å². The van der Waals surface area contributed by atoms with Gasteiger partial charge in [-0.2, -0.15) is 15.8 Å². The lowest BCUT2D eigenvalue weighted by Crippen LogP contribution is -2.60. The van der Waals surface area contributed by atoms with E-state index in [0.717, 1.165) is 19.3 Å². The van der Waals surface area contributed by atoms with Gasteiger partial charge in [0.05, 0.1) is 30.2 Å².